The van der Waals surface area contributed by atoms with Gasteiger partial charge in [0.2, 0.25) is 0 Å². The number of rotatable bonds is 13. The number of nitrogens with two attached hydrogens (primary N) is 1. The summed E-state index contributed by atoms with van der Waals surface area (Å²) in [7, 11) is 0. The largest absolute Gasteiger partial charge is 0.448 e. The minimum atomic E-state index is -0.432. The number of benzene rings is 1. The first kappa shape index (κ1) is 28.6. The zero-order chi connectivity index (χ0) is 24.0. The number of nitrogens with one attached hydrogen (secondary N) is 1. The van der Waals surface area contributed by atoms with E-state index in [-0.39, 0.29) is 37.8 Å². The minimum absolute atomic E-state index is 0. The van der Waals surface area contributed by atoms with Crippen molar-refractivity contribution in [2.24, 2.45) is 5.73 Å². The standard InChI is InChI=1S/C25H31N3O4S2.ClH/c26-21(10-4-5-13-27-24(29)31-18-20-8-2-1-3-9-20)19-32-25(30)28(16-22-11-6-14-33-22)17-23-12-7-15-34-23;/h1-3,6-9,11-12,14-15,21H,4-5,10,13,16-19,26H2,(H,27,29);1H/t21-;/m0./s1. The fourth-order valence-corrected chi connectivity index (χ4v) is 4.65. The van der Waals surface area contributed by atoms with Crippen LogP contribution < -0.4 is 11.1 Å². The molecule has 0 aliphatic carbocycles. The van der Waals surface area contributed by atoms with Crippen LogP contribution in [0.4, 0.5) is 9.59 Å². The van der Waals surface area contributed by atoms with Gasteiger partial charge in [-0.3, -0.25) is 4.90 Å². The van der Waals surface area contributed by atoms with Crippen LogP contribution in [0.3, 0.4) is 0 Å². The molecule has 2 heterocycles. The van der Waals surface area contributed by atoms with E-state index in [9.17, 15) is 9.59 Å². The Kier molecular flexibility index (Phi) is 13.2. The van der Waals surface area contributed by atoms with Crippen molar-refractivity contribution in [3.8, 4) is 0 Å². The van der Waals surface area contributed by atoms with Crippen molar-refractivity contribution in [3.05, 3.63) is 80.7 Å². The van der Waals surface area contributed by atoms with E-state index in [0.717, 1.165) is 28.2 Å². The maximum atomic E-state index is 12.7. The van der Waals surface area contributed by atoms with Crippen LogP contribution in [-0.2, 0) is 29.2 Å². The van der Waals surface area contributed by atoms with Crippen molar-refractivity contribution in [2.75, 3.05) is 13.2 Å². The maximum absolute atomic E-state index is 12.7. The van der Waals surface area contributed by atoms with Crippen LogP contribution in [0.1, 0.15) is 34.6 Å². The molecule has 0 fully saturated rings. The highest BCUT2D eigenvalue weighted by Gasteiger charge is 2.18. The topological polar surface area (TPSA) is 93.9 Å². The number of amides is 2. The lowest BCUT2D eigenvalue weighted by Crippen LogP contribution is -2.34. The zero-order valence-electron chi connectivity index (χ0n) is 19.5. The molecule has 2 aromatic heterocycles. The van der Waals surface area contributed by atoms with E-state index in [0.29, 0.717) is 26.1 Å². The quantitative estimate of drug-likeness (QED) is 0.269. The van der Waals surface area contributed by atoms with Gasteiger partial charge in [0.15, 0.2) is 0 Å². The van der Waals surface area contributed by atoms with Crippen LogP contribution in [-0.4, -0.2) is 36.3 Å². The van der Waals surface area contributed by atoms with Gasteiger partial charge in [0, 0.05) is 22.3 Å². The lowest BCUT2D eigenvalue weighted by molar-refractivity contribution is 0.0913. The summed E-state index contributed by atoms with van der Waals surface area (Å²) in [6.07, 6.45) is 1.49. The molecule has 3 N–H and O–H groups in total. The predicted octanol–water partition coefficient (Wildman–Crippen LogP) is 5.79. The molecule has 1 aromatic carbocycles. The van der Waals surface area contributed by atoms with E-state index < -0.39 is 6.09 Å². The van der Waals surface area contributed by atoms with E-state index in [4.69, 9.17) is 15.2 Å². The second kappa shape index (κ2) is 16.1. The molecule has 35 heavy (non-hydrogen) atoms. The highest BCUT2D eigenvalue weighted by atomic mass is 35.5. The molecule has 190 valence electrons. The van der Waals surface area contributed by atoms with Gasteiger partial charge in [-0.15, -0.1) is 35.1 Å². The molecule has 0 bridgehead atoms. The Hall–Kier alpha value is -2.59. The van der Waals surface area contributed by atoms with Crippen molar-refractivity contribution in [3.63, 3.8) is 0 Å². The van der Waals surface area contributed by atoms with Gasteiger partial charge in [-0.25, -0.2) is 9.59 Å². The van der Waals surface area contributed by atoms with Gasteiger partial charge in [-0.1, -0.05) is 48.9 Å². The highest BCUT2D eigenvalue weighted by Crippen LogP contribution is 2.18. The Bertz CT molecular complexity index is 936. The molecule has 0 spiro atoms. The third-order valence-corrected chi connectivity index (χ3v) is 6.74. The highest BCUT2D eigenvalue weighted by molar-refractivity contribution is 7.10. The van der Waals surface area contributed by atoms with E-state index in [1.807, 2.05) is 65.4 Å². The van der Waals surface area contributed by atoms with Gasteiger partial charge < -0.3 is 20.5 Å². The van der Waals surface area contributed by atoms with Crippen molar-refractivity contribution in [1.82, 2.24) is 10.2 Å². The fraction of sp³-hybridized carbons (Fsp3) is 0.360. The molecule has 2 amide bonds. The first-order valence-corrected chi connectivity index (χ1v) is 13.0. The molecule has 0 aliphatic rings. The second-order valence-electron chi connectivity index (χ2n) is 7.84. The molecule has 1 atom stereocenters. The molecule has 0 saturated carbocycles. The predicted molar refractivity (Wildman–Crippen MR) is 143 cm³/mol. The average Bonchev–Trinajstić information content (AvgIpc) is 3.56. The Morgan fingerprint density at radius 3 is 2.17 bits per heavy atom. The minimum Gasteiger partial charge on any atom is -0.448 e. The molecule has 10 heteroatoms. The smallest absolute Gasteiger partial charge is 0.410 e. The molecule has 3 aromatic rings. The number of nitrogens with zero attached hydrogens (tertiary/aromatic N) is 1. The number of halogens is 1. The van der Waals surface area contributed by atoms with Crippen LogP contribution in [0.25, 0.3) is 0 Å². The van der Waals surface area contributed by atoms with Gasteiger partial charge in [0.1, 0.15) is 13.2 Å². The summed E-state index contributed by atoms with van der Waals surface area (Å²) in [5.74, 6) is 0. The van der Waals surface area contributed by atoms with E-state index in [2.05, 4.69) is 5.32 Å². The summed E-state index contributed by atoms with van der Waals surface area (Å²) in [5.41, 5.74) is 7.09. The molecule has 0 radical (unpaired) electrons. The van der Waals surface area contributed by atoms with Crippen LogP contribution in [0.5, 0.6) is 0 Å². The molecular weight excluding hydrogens is 506 g/mol. The van der Waals surface area contributed by atoms with Crippen LogP contribution in [0, 0.1) is 0 Å². The number of hydrogen-bond acceptors (Lipinski definition) is 7. The van der Waals surface area contributed by atoms with Gasteiger partial charge in [0.05, 0.1) is 13.1 Å². The maximum Gasteiger partial charge on any atom is 0.410 e. The van der Waals surface area contributed by atoms with Gasteiger partial charge in [0.25, 0.3) is 0 Å². The summed E-state index contributed by atoms with van der Waals surface area (Å²) < 4.78 is 10.7. The Balaban J connectivity index is 0.00000432. The zero-order valence-corrected chi connectivity index (χ0v) is 21.9. The Morgan fingerprint density at radius 2 is 1.57 bits per heavy atom. The number of thiophene rings is 2. The molecule has 0 unspecified atom stereocenters. The van der Waals surface area contributed by atoms with Crippen molar-refractivity contribution < 1.29 is 19.1 Å². The Morgan fingerprint density at radius 1 is 0.914 bits per heavy atom. The van der Waals surface area contributed by atoms with Crippen LogP contribution >= 0.6 is 35.1 Å². The molecule has 7 nitrogen and oxygen atoms in total. The van der Waals surface area contributed by atoms with E-state index in [1.165, 1.54) is 0 Å². The normalized spacial score (nSPS) is 11.2. The average molecular weight is 538 g/mol. The van der Waals surface area contributed by atoms with E-state index >= 15 is 0 Å². The molecule has 0 aliphatic heterocycles. The third-order valence-electron chi connectivity index (χ3n) is 5.02. The van der Waals surface area contributed by atoms with Gasteiger partial charge in [-0.2, -0.15) is 0 Å². The lowest BCUT2D eigenvalue weighted by atomic mass is 10.1. The number of ether oxygens (including phenoxy) is 2. The third kappa shape index (κ3) is 11.1. The summed E-state index contributed by atoms with van der Waals surface area (Å²) >= 11 is 3.23. The van der Waals surface area contributed by atoms with Crippen molar-refractivity contribution >= 4 is 47.3 Å². The first-order valence-electron chi connectivity index (χ1n) is 11.3. The summed E-state index contributed by atoms with van der Waals surface area (Å²) in [5, 5.41) is 6.74. The monoisotopic (exact) mass is 537 g/mol. The number of carbonyl (C=O) groups excluding carboxylic acids is 2. The lowest BCUT2D eigenvalue weighted by Gasteiger charge is -2.22. The number of carbonyl (C=O) groups is 2. The number of hydrogen-bond donors (Lipinski definition) is 2. The second-order valence-corrected chi connectivity index (χ2v) is 9.90. The summed E-state index contributed by atoms with van der Waals surface area (Å²) in [6, 6.07) is 17.3. The SMILES string of the molecule is Cl.N[C@@H](CCCCNC(=O)OCc1ccccc1)COC(=O)N(Cc1cccs1)Cc1cccs1. The van der Waals surface area contributed by atoms with Crippen molar-refractivity contribution in [1.29, 1.82) is 0 Å². The van der Waals surface area contributed by atoms with Gasteiger partial charge in [-0.05, 0) is 41.3 Å². The van der Waals surface area contributed by atoms with Crippen molar-refractivity contribution in [2.45, 2.75) is 45.0 Å². The number of unbranched alkanes of at least 4 members (excludes halogenated alkanes) is 1. The molecular formula is C25H32ClN3O4S2. The number of alkyl carbamates (subject to hydrolysis) is 1. The summed E-state index contributed by atoms with van der Waals surface area (Å²) in [4.78, 5) is 28.4. The fourth-order valence-electron chi connectivity index (χ4n) is 3.22. The summed E-state index contributed by atoms with van der Waals surface area (Å²) in [6.45, 7) is 1.94. The van der Waals surface area contributed by atoms with Crippen LogP contribution in [0.15, 0.2) is 65.4 Å². The van der Waals surface area contributed by atoms with E-state index in [1.54, 1.807) is 27.6 Å². The molecule has 3 rings (SSSR count). The Labute approximate surface area is 220 Å². The van der Waals surface area contributed by atoms with Gasteiger partial charge >= 0.3 is 12.2 Å². The molecule has 0 saturated heterocycles. The van der Waals surface area contributed by atoms with Crippen LogP contribution in [0.2, 0.25) is 0 Å². The first-order chi connectivity index (χ1) is 16.6.